The van der Waals surface area contributed by atoms with E-state index in [4.69, 9.17) is 4.99 Å². The van der Waals surface area contributed by atoms with E-state index in [1.807, 2.05) is 18.5 Å². The molecule has 3 heterocycles. The number of fused-ring (bicyclic) bond motifs is 1. The highest BCUT2D eigenvalue weighted by Crippen LogP contribution is 2.15. The summed E-state index contributed by atoms with van der Waals surface area (Å²) in [4.78, 5) is 18.3. The highest BCUT2D eigenvalue weighted by atomic mass is 127. The van der Waals surface area contributed by atoms with E-state index in [0.717, 1.165) is 83.7 Å². The first-order valence-corrected chi connectivity index (χ1v) is 12.1. The maximum atomic E-state index is 4.77. The lowest BCUT2D eigenvalue weighted by atomic mass is 10.2. The van der Waals surface area contributed by atoms with E-state index in [0.29, 0.717) is 0 Å². The molecule has 1 aromatic carbocycles. The number of hydrogen-bond acceptors (Lipinski definition) is 5. The number of aliphatic imine (C=N–C) groups is 1. The number of hydrogen-bond donors (Lipinski definition) is 2. The summed E-state index contributed by atoms with van der Waals surface area (Å²) in [5.41, 5.74) is 1.30. The molecule has 0 bridgehead atoms. The number of para-hydroxylation sites is 1. The van der Waals surface area contributed by atoms with Gasteiger partial charge in [0.25, 0.3) is 0 Å². The van der Waals surface area contributed by atoms with Crippen molar-refractivity contribution in [2.75, 3.05) is 57.3 Å². The lowest BCUT2D eigenvalue weighted by Crippen LogP contribution is -2.47. The number of aromatic nitrogens is 3. The molecule has 0 saturated carbocycles. The van der Waals surface area contributed by atoms with Gasteiger partial charge in [0.2, 0.25) is 5.95 Å². The molecule has 0 radical (unpaired) electrons. The minimum atomic E-state index is 0. The zero-order valence-corrected chi connectivity index (χ0v) is 22.4. The quantitative estimate of drug-likeness (QED) is 0.167. The van der Waals surface area contributed by atoms with Gasteiger partial charge >= 0.3 is 0 Å². The van der Waals surface area contributed by atoms with Crippen LogP contribution in [0.5, 0.6) is 0 Å². The first-order chi connectivity index (χ1) is 16.3. The van der Waals surface area contributed by atoms with E-state index < -0.39 is 0 Å². The van der Waals surface area contributed by atoms with Gasteiger partial charge in [-0.15, -0.1) is 24.0 Å². The number of halogens is 1. The van der Waals surface area contributed by atoms with Gasteiger partial charge in [-0.25, -0.2) is 9.97 Å². The van der Waals surface area contributed by atoms with Crippen LogP contribution in [0.2, 0.25) is 0 Å². The van der Waals surface area contributed by atoms with Gasteiger partial charge in [-0.1, -0.05) is 18.2 Å². The topological polar surface area (TPSA) is 73.6 Å². The maximum absolute atomic E-state index is 4.77. The normalized spacial score (nSPS) is 14.7. The summed E-state index contributed by atoms with van der Waals surface area (Å²) in [6.45, 7) is 10.9. The van der Waals surface area contributed by atoms with Crippen molar-refractivity contribution in [3.8, 4) is 0 Å². The molecule has 1 aliphatic rings. The minimum Gasteiger partial charge on any atom is -0.357 e. The fourth-order valence-electron chi connectivity index (χ4n) is 4.24. The first-order valence-electron chi connectivity index (χ1n) is 12.1. The van der Waals surface area contributed by atoms with E-state index >= 15 is 0 Å². The molecule has 1 fully saturated rings. The fourth-order valence-corrected chi connectivity index (χ4v) is 4.24. The molecular formula is C25H37IN8. The first kappa shape index (κ1) is 26.2. The van der Waals surface area contributed by atoms with Gasteiger partial charge in [-0.05, 0) is 49.9 Å². The molecule has 34 heavy (non-hydrogen) atoms. The molecule has 0 spiro atoms. The molecular weight excluding hydrogens is 539 g/mol. The summed E-state index contributed by atoms with van der Waals surface area (Å²) < 4.78 is 2.31. The van der Waals surface area contributed by atoms with E-state index in [2.05, 4.69) is 78.4 Å². The van der Waals surface area contributed by atoms with Crippen molar-refractivity contribution in [1.82, 2.24) is 30.1 Å². The van der Waals surface area contributed by atoms with Crippen LogP contribution >= 0.6 is 24.0 Å². The van der Waals surface area contributed by atoms with Gasteiger partial charge in [0, 0.05) is 76.5 Å². The Hall–Kier alpha value is -2.40. The molecule has 0 atom stereocenters. The monoisotopic (exact) mass is 576 g/mol. The third-order valence-corrected chi connectivity index (χ3v) is 6.00. The van der Waals surface area contributed by atoms with Crippen LogP contribution in [-0.4, -0.2) is 77.8 Å². The van der Waals surface area contributed by atoms with Crippen LogP contribution in [-0.2, 0) is 6.54 Å². The molecule has 8 nitrogen and oxygen atoms in total. The van der Waals surface area contributed by atoms with Crippen LogP contribution in [0.3, 0.4) is 0 Å². The van der Waals surface area contributed by atoms with Crippen molar-refractivity contribution in [1.29, 1.82) is 0 Å². The average molecular weight is 577 g/mol. The zero-order valence-electron chi connectivity index (χ0n) is 20.1. The molecule has 3 aromatic rings. The van der Waals surface area contributed by atoms with Crippen LogP contribution in [0.25, 0.3) is 10.9 Å². The molecule has 0 unspecified atom stereocenters. The van der Waals surface area contributed by atoms with E-state index in [9.17, 15) is 0 Å². The van der Waals surface area contributed by atoms with Gasteiger partial charge in [0.1, 0.15) is 0 Å². The van der Waals surface area contributed by atoms with E-state index in [1.165, 1.54) is 10.9 Å². The van der Waals surface area contributed by atoms with Gasteiger partial charge in [0.05, 0.1) is 0 Å². The third kappa shape index (κ3) is 7.56. The van der Waals surface area contributed by atoms with Crippen LogP contribution in [0, 0.1) is 0 Å². The Morgan fingerprint density at radius 1 is 0.941 bits per heavy atom. The molecule has 1 saturated heterocycles. The highest BCUT2D eigenvalue weighted by molar-refractivity contribution is 14.0. The maximum Gasteiger partial charge on any atom is 0.225 e. The van der Waals surface area contributed by atoms with E-state index in [1.54, 1.807) is 0 Å². The van der Waals surface area contributed by atoms with Crippen LogP contribution in [0.4, 0.5) is 5.95 Å². The van der Waals surface area contributed by atoms with E-state index in [-0.39, 0.29) is 24.0 Å². The predicted molar refractivity (Wildman–Crippen MR) is 151 cm³/mol. The summed E-state index contributed by atoms with van der Waals surface area (Å²) in [5.74, 6) is 1.76. The number of nitrogens with one attached hydrogen (secondary N) is 2. The standard InChI is InChI=1S/C25H36N8.HI/c1-2-26-24(28-14-7-16-32-17-10-22-8-3-4-9-23(22)32)27-13-6-15-31-18-20-33(21-19-31)25-29-11-5-12-30-25;/h3-5,8-12,17H,2,6-7,13-16,18-21H2,1H3,(H2,26,27,28);1H. The molecule has 0 aliphatic carbocycles. The number of anilines is 1. The van der Waals surface area contributed by atoms with Gasteiger partial charge in [0.15, 0.2) is 5.96 Å². The Morgan fingerprint density at radius 3 is 2.53 bits per heavy atom. The summed E-state index contributed by atoms with van der Waals surface area (Å²) in [6, 6.07) is 12.6. The molecule has 2 N–H and O–H groups in total. The molecule has 4 rings (SSSR count). The largest absolute Gasteiger partial charge is 0.357 e. The number of benzene rings is 1. The van der Waals surface area contributed by atoms with Crippen LogP contribution in [0.1, 0.15) is 19.8 Å². The van der Waals surface area contributed by atoms with Gasteiger partial charge in [-0.2, -0.15) is 0 Å². The lowest BCUT2D eigenvalue weighted by molar-refractivity contribution is 0.254. The van der Waals surface area contributed by atoms with Crippen molar-refractivity contribution in [2.24, 2.45) is 4.99 Å². The summed E-state index contributed by atoms with van der Waals surface area (Å²) in [6.07, 6.45) is 7.91. The Bertz CT molecular complexity index is 998. The smallest absolute Gasteiger partial charge is 0.225 e. The second kappa shape index (κ2) is 14.1. The number of rotatable bonds is 10. The van der Waals surface area contributed by atoms with Crippen molar-refractivity contribution in [2.45, 2.75) is 26.3 Å². The zero-order chi connectivity index (χ0) is 22.7. The Morgan fingerprint density at radius 2 is 1.74 bits per heavy atom. The summed E-state index contributed by atoms with van der Waals surface area (Å²) >= 11 is 0. The molecule has 0 amide bonds. The number of nitrogens with zero attached hydrogens (tertiary/aromatic N) is 6. The number of aryl methyl sites for hydroxylation is 1. The molecule has 184 valence electrons. The van der Waals surface area contributed by atoms with Gasteiger partial charge in [-0.3, -0.25) is 9.89 Å². The Labute approximate surface area is 219 Å². The summed E-state index contributed by atoms with van der Waals surface area (Å²) in [5, 5.41) is 8.16. The molecule has 1 aliphatic heterocycles. The Kier molecular flexibility index (Phi) is 10.9. The molecule has 9 heteroatoms. The molecule has 2 aromatic heterocycles. The predicted octanol–water partition coefficient (Wildman–Crippen LogP) is 3.21. The van der Waals surface area contributed by atoms with Crippen molar-refractivity contribution in [3.63, 3.8) is 0 Å². The highest BCUT2D eigenvalue weighted by Gasteiger charge is 2.18. The summed E-state index contributed by atoms with van der Waals surface area (Å²) in [7, 11) is 0. The van der Waals surface area contributed by atoms with Crippen molar-refractivity contribution >= 4 is 46.8 Å². The third-order valence-electron chi connectivity index (χ3n) is 6.00. The second-order valence-corrected chi connectivity index (χ2v) is 8.34. The van der Waals surface area contributed by atoms with Gasteiger partial charge < -0.3 is 20.1 Å². The SMILES string of the molecule is CCNC(=NCCCn1ccc2ccccc21)NCCCN1CCN(c2ncccn2)CC1.I. The lowest BCUT2D eigenvalue weighted by Gasteiger charge is -2.34. The minimum absolute atomic E-state index is 0. The fraction of sp³-hybridized carbons (Fsp3) is 0.480. The average Bonchev–Trinajstić information content (AvgIpc) is 3.28. The van der Waals surface area contributed by atoms with Crippen molar-refractivity contribution < 1.29 is 0 Å². The number of guanidine groups is 1. The van der Waals surface area contributed by atoms with Crippen molar-refractivity contribution in [3.05, 3.63) is 55.0 Å². The second-order valence-electron chi connectivity index (χ2n) is 8.34. The van der Waals surface area contributed by atoms with Crippen LogP contribution in [0.15, 0.2) is 60.0 Å². The Balaban J connectivity index is 0.00000324. The number of piperazine rings is 1. The van der Waals surface area contributed by atoms with Crippen LogP contribution < -0.4 is 15.5 Å².